The van der Waals surface area contributed by atoms with E-state index in [9.17, 15) is 4.39 Å². The second-order valence-corrected chi connectivity index (χ2v) is 8.43. The first-order valence-corrected chi connectivity index (χ1v) is 10.3. The minimum absolute atomic E-state index is 0.185. The third-order valence-electron chi connectivity index (χ3n) is 5.36. The normalized spacial score (nSPS) is 15.4. The molecule has 1 fully saturated rings. The first-order chi connectivity index (χ1) is 13.7. The zero-order valence-corrected chi connectivity index (χ0v) is 16.4. The van der Waals surface area contributed by atoms with Gasteiger partial charge in [-0.1, -0.05) is 0 Å². The summed E-state index contributed by atoms with van der Waals surface area (Å²) in [6.45, 7) is 3.85. The Hall–Kier alpha value is -2.80. The van der Waals surface area contributed by atoms with Crippen molar-refractivity contribution in [2.24, 2.45) is 0 Å². The number of rotatable bonds is 3. The Balaban J connectivity index is 1.29. The fourth-order valence-corrected chi connectivity index (χ4v) is 4.62. The molecule has 5 rings (SSSR count). The summed E-state index contributed by atoms with van der Waals surface area (Å²) in [6.07, 6.45) is 5.93. The molecule has 142 valence electrons. The van der Waals surface area contributed by atoms with E-state index in [1.54, 1.807) is 17.4 Å². The zero-order chi connectivity index (χ0) is 19.1. The fraction of sp³-hybridized carbons (Fsp3) is 0.286. The van der Waals surface area contributed by atoms with Gasteiger partial charge in [0, 0.05) is 36.4 Å². The number of benzene rings is 1. The lowest BCUT2D eigenvalue weighted by Crippen LogP contribution is -2.35. The van der Waals surface area contributed by atoms with Gasteiger partial charge in [0.1, 0.15) is 16.5 Å². The standard InChI is InChI=1S/C21H20FN5S/c1-14-13-23-21(28-14)18-4-5-20(25-24-18)26-9-7-17(8-10-26)27-11-6-15-2-3-16(22)12-19(15)27/h2-6,11-13,17H,7-10H2,1H3. The highest BCUT2D eigenvalue weighted by molar-refractivity contribution is 7.14. The molecule has 5 nitrogen and oxygen atoms in total. The number of hydrogen-bond donors (Lipinski definition) is 0. The van der Waals surface area contributed by atoms with Crippen LogP contribution in [0.15, 0.2) is 48.8 Å². The SMILES string of the molecule is Cc1cnc(-c2ccc(N3CCC(n4ccc5ccc(F)cc54)CC3)nn2)s1. The molecule has 7 heteroatoms. The van der Waals surface area contributed by atoms with Crippen molar-refractivity contribution in [2.75, 3.05) is 18.0 Å². The molecule has 4 aromatic rings. The maximum Gasteiger partial charge on any atom is 0.151 e. The first kappa shape index (κ1) is 17.3. The molecule has 0 bridgehead atoms. The predicted molar refractivity (Wildman–Crippen MR) is 110 cm³/mol. The molecular formula is C21H20FN5S. The van der Waals surface area contributed by atoms with Crippen LogP contribution in [0.2, 0.25) is 0 Å². The van der Waals surface area contributed by atoms with Gasteiger partial charge >= 0.3 is 0 Å². The van der Waals surface area contributed by atoms with Gasteiger partial charge in [0.2, 0.25) is 0 Å². The molecule has 1 aliphatic heterocycles. The molecule has 1 aliphatic rings. The molecule has 0 aliphatic carbocycles. The van der Waals surface area contributed by atoms with Crippen LogP contribution < -0.4 is 4.90 Å². The fourth-order valence-electron chi connectivity index (χ4n) is 3.89. The van der Waals surface area contributed by atoms with E-state index in [-0.39, 0.29) is 5.82 Å². The van der Waals surface area contributed by atoms with E-state index in [0.29, 0.717) is 6.04 Å². The first-order valence-electron chi connectivity index (χ1n) is 9.45. The van der Waals surface area contributed by atoms with E-state index in [0.717, 1.165) is 53.4 Å². The van der Waals surface area contributed by atoms with E-state index in [2.05, 4.69) is 36.9 Å². The summed E-state index contributed by atoms with van der Waals surface area (Å²) in [5.74, 6) is 0.717. The molecule has 0 saturated carbocycles. The van der Waals surface area contributed by atoms with Crippen molar-refractivity contribution in [1.29, 1.82) is 0 Å². The Morgan fingerprint density at radius 3 is 2.64 bits per heavy atom. The van der Waals surface area contributed by atoms with Gasteiger partial charge < -0.3 is 9.47 Å². The monoisotopic (exact) mass is 393 g/mol. The van der Waals surface area contributed by atoms with Crippen LogP contribution in [-0.2, 0) is 0 Å². The maximum absolute atomic E-state index is 13.7. The number of anilines is 1. The largest absolute Gasteiger partial charge is 0.355 e. The highest BCUT2D eigenvalue weighted by Gasteiger charge is 2.22. The van der Waals surface area contributed by atoms with Gasteiger partial charge in [-0.3, -0.25) is 0 Å². The molecule has 28 heavy (non-hydrogen) atoms. The molecule has 0 unspecified atom stereocenters. The van der Waals surface area contributed by atoms with Crippen molar-refractivity contribution >= 4 is 28.1 Å². The lowest BCUT2D eigenvalue weighted by molar-refractivity contribution is 0.403. The molecule has 0 amide bonds. The molecule has 1 aromatic carbocycles. The molecule has 0 N–H and O–H groups in total. The summed E-state index contributed by atoms with van der Waals surface area (Å²) in [4.78, 5) is 7.81. The average Bonchev–Trinajstić information content (AvgIpc) is 3.34. The van der Waals surface area contributed by atoms with Crippen LogP contribution in [0, 0.1) is 12.7 Å². The van der Waals surface area contributed by atoms with Crippen LogP contribution in [0.3, 0.4) is 0 Å². The second-order valence-electron chi connectivity index (χ2n) is 7.20. The van der Waals surface area contributed by atoms with Crippen molar-refractivity contribution in [3.05, 3.63) is 59.5 Å². The van der Waals surface area contributed by atoms with Gasteiger partial charge in [-0.05, 0) is 61.5 Å². The molecule has 0 atom stereocenters. The highest BCUT2D eigenvalue weighted by Crippen LogP contribution is 2.30. The summed E-state index contributed by atoms with van der Waals surface area (Å²) in [5, 5.41) is 10.8. The molecular weight excluding hydrogens is 373 g/mol. The van der Waals surface area contributed by atoms with E-state index in [1.807, 2.05) is 31.3 Å². The minimum atomic E-state index is -0.185. The Bertz CT molecular complexity index is 1110. The average molecular weight is 393 g/mol. The third kappa shape index (κ3) is 3.16. The van der Waals surface area contributed by atoms with Crippen LogP contribution in [0.25, 0.3) is 21.6 Å². The number of hydrogen-bond acceptors (Lipinski definition) is 5. The lowest BCUT2D eigenvalue weighted by Gasteiger charge is -2.33. The summed E-state index contributed by atoms with van der Waals surface area (Å²) >= 11 is 1.63. The number of aryl methyl sites for hydroxylation is 1. The molecule has 1 saturated heterocycles. The summed E-state index contributed by atoms with van der Waals surface area (Å²) < 4.78 is 15.9. The van der Waals surface area contributed by atoms with E-state index >= 15 is 0 Å². The van der Waals surface area contributed by atoms with Crippen LogP contribution in [0.4, 0.5) is 10.2 Å². The Kier molecular flexibility index (Phi) is 4.31. The number of aromatic nitrogens is 4. The molecule has 4 heterocycles. The van der Waals surface area contributed by atoms with Crippen LogP contribution in [0.1, 0.15) is 23.8 Å². The van der Waals surface area contributed by atoms with Crippen molar-refractivity contribution in [3.63, 3.8) is 0 Å². The summed E-state index contributed by atoms with van der Waals surface area (Å²) in [7, 11) is 0. The van der Waals surface area contributed by atoms with Gasteiger partial charge in [-0.2, -0.15) is 0 Å². The molecule has 3 aromatic heterocycles. The number of thiazole rings is 1. The molecule has 0 spiro atoms. The number of fused-ring (bicyclic) bond motifs is 1. The number of halogens is 1. The van der Waals surface area contributed by atoms with Crippen LogP contribution >= 0.6 is 11.3 Å². The van der Waals surface area contributed by atoms with Crippen molar-refractivity contribution in [2.45, 2.75) is 25.8 Å². The summed E-state index contributed by atoms with van der Waals surface area (Å²) in [5.41, 5.74) is 1.79. The Morgan fingerprint density at radius 1 is 1.07 bits per heavy atom. The zero-order valence-electron chi connectivity index (χ0n) is 15.5. The van der Waals surface area contributed by atoms with Gasteiger partial charge in [0.15, 0.2) is 5.82 Å². The number of nitrogens with zero attached hydrogens (tertiary/aromatic N) is 5. The van der Waals surface area contributed by atoms with Crippen LogP contribution in [-0.4, -0.2) is 32.8 Å². The lowest BCUT2D eigenvalue weighted by atomic mass is 10.0. The van der Waals surface area contributed by atoms with Gasteiger partial charge in [-0.25, -0.2) is 9.37 Å². The van der Waals surface area contributed by atoms with Crippen molar-refractivity contribution < 1.29 is 4.39 Å². The van der Waals surface area contributed by atoms with Crippen molar-refractivity contribution in [3.8, 4) is 10.7 Å². The van der Waals surface area contributed by atoms with E-state index < -0.39 is 0 Å². The van der Waals surface area contributed by atoms with E-state index in [1.165, 1.54) is 10.9 Å². The summed E-state index contributed by atoms with van der Waals surface area (Å²) in [6, 6.07) is 11.5. The predicted octanol–water partition coefficient (Wildman–Crippen LogP) is 4.84. The third-order valence-corrected chi connectivity index (χ3v) is 6.29. The maximum atomic E-state index is 13.7. The topological polar surface area (TPSA) is 46.8 Å². The Labute approximate surface area is 166 Å². The van der Waals surface area contributed by atoms with E-state index in [4.69, 9.17) is 0 Å². The van der Waals surface area contributed by atoms with Crippen molar-refractivity contribution in [1.82, 2.24) is 19.7 Å². The van der Waals surface area contributed by atoms with Gasteiger partial charge in [0.25, 0.3) is 0 Å². The second kappa shape index (κ2) is 6.98. The number of piperidine rings is 1. The smallest absolute Gasteiger partial charge is 0.151 e. The molecule has 0 radical (unpaired) electrons. The van der Waals surface area contributed by atoms with Crippen LogP contribution in [0.5, 0.6) is 0 Å². The minimum Gasteiger partial charge on any atom is -0.355 e. The van der Waals surface area contributed by atoms with Gasteiger partial charge in [0.05, 0.1) is 5.52 Å². The Morgan fingerprint density at radius 2 is 1.93 bits per heavy atom. The highest BCUT2D eigenvalue weighted by atomic mass is 32.1. The van der Waals surface area contributed by atoms with Gasteiger partial charge in [-0.15, -0.1) is 21.5 Å². The quantitative estimate of drug-likeness (QED) is 0.499.